The summed E-state index contributed by atoms with van der Waals surface area (Å²) in [6, 6.07) is 6.88. The number of rotatable bonds is 3. The SMILES string of the molecule is O=C(NS(=O)(=O)c1ccc(F)cc1)c1cc(O)cc(O)c1. The number of sulfonamides is 1. The molecule has 0 atom stereocenters. The molecule has 0 bridgehead atoms. The van der Waals surface area contributed by atoms with Gasteiger partial charge in [0.15, 0.2) is 0 Å². The number of halogens is 1. The van der Waals surface area contributed by atoms with Gasteiger partial charge in [0, 0.05) is 11.6 Å². The zero-order chi connectivity index (χ0) is 15.6. The predicted octanol–water partition coefficient (Wildman–Crippen LogP) is 1.36. The summed E-state index contributed by atoms with van der Waals surface area (Å²) in [5.74, 6) is -2.43. The first-order valence-electron chi connectivity index (χ1n) is 5.64. The van der Waals surface area contributed by atoms with Crippen molar-refractivity contribution in [1.29, 1.82) is 0 Å². The second kappa shape index (κ2) is 5.41. The molecule has 0 aliphatic carbocycles. The van der Waals surface area contributed by atoms with Crippen LogP contribution in [0.25, 0.3) is 0 Å². The number of benzene rings is 2. The maximum absolute atomic E-state index is 12.8. The van der Waals surface area contributed by atoms with E-state index >= 15 is 0 Å². The molecule has 0 aliphatic rings. The third-order valence-corrected chi connectivity index (χ3v) is 3.86. The Hall–Kier alpha value is -2.61. The molecule has 2 aromatic rings. The van der Waals surface area contributed by atoms with Crippen molar-refractivity contribution < 1.29 is 27.8 Å². The lowest BCUT2D eigenvalue weighted by Crippen LogP contribution is -2.30. The van der Waals surface area contributed by atoms with Gasteiger partial charge in [0.05, 0.1) is 4.90 Å². The van der Waals surface area contributed by atoms with Crippen molar-refractivity contribution in [3.8, 4) is 11.5 Å². The minimum Gasteiger partial charge on any atom is -0.508 e. The topological polar surface area (TPSA) is 104 Å². The van der Waals surface area contributed by atoms with Crippen LogP contribution in [0, 0.1) is 5.82 Å². The molecule has 0 aliphatic heterocycles. The van der Waals surface area contributed by atoms with Gasteiger partial charge in [0.1, 0.15) is 17.3 Å². The van der Waals surface area contributed by atoms with Gasteiger partial charge < -0.3 is 10.2 Å². The van der Waals surface area contributed by atoms with Gasteiger partial charge in [-0.3, -0.25) is 4.79 Å². The second-order valence-electron chi connectivity index (χ2n) is 4.13. The summed E-state index contributed by atoms with van der Waals surface area (Å²) in [5.41, 5.74) is -0.238. The third kappa shape index (κ3) is 3.48. The van der Waals surface area contributed by atoms with Gasteiger partial charge in [-0.25, -0.2) is 17.5 Å². The largest absolute Gasteiger partial charge is 0.508 e. The fraction of sp³-hybridized carbons (Fsp3) is 0. The number of amides is 1. The molecule has 0 aromatic heterocycles. The van der Waals surface area contributed by atoms with Crippen molar-refractivity contribution in [3.63, 3.8) is 0 Å². The number of phenolic OH excluding ortho intramolecular Hbond substituents is 2. The van der Waals surface area contributed by atoms with Crippen LogP contribution in [0.1, 0.15) is 10.4 Å². The van der Waals surface area contributed by atoms with E-state index < -0.39 is 21.7 Å². The molecule has 0 saturated carbocycles. The molecule has 0 radical (unpaired) electrons. The van der Waals surface area contributed by atoms with Crippen molar-refractivity contribution >= 4 is 15.9 Å². The van der Waals surface area contributed by atoms with E-state index in [9.17, 15) is 27.8 Å². The fourth-order valence-corrected chi connectivity index (χ4v) is 2.55. The van der Waals surface area contributed by atoms with Crippen LogP contribution in [0.4, 0.5) is 4.39 Å². The normalized spacial score (nSPS) is 11.1. The number of aromatic hydroxyl groups is 2. The fourth-order valence-electron chi connectivity index (χ4n) is 1.58. The van der Waals surface area contributed by atoms with Crippen LogP contribution in [-0.2, 0) is 10.0 Å². The zero-order valence-corrected chi connectivity index (χ0v) is 11.3. The molecule has 2 rings (SSSR count). The molecule has 3 N–H and O–H groups in total. The zero-order valence-electron chi connectivity index (χ0n) is 10.4. The summed E-state index contributed by atoms with van der Waals surface area (Å²) < 4.78 is 38.3. The van der Waals surface area contributed by atoms with E-state index in [1.54, 1.807) is 4.72 Å². The Kier molecular flexibility index (Phi) is 3.81. The molecule has 0 fully saturated rings. The van der Waals surface area contributed by atoms with Gasteiger partial charge in [-0.2, -0.15) is 0 Å². The number of hydrogen-bond donors (Lipinski definition) is 3. The predicted molar refractivity (Wildman–Crippen MR) is 70.8 cm³/mol. The molecular weight excluding hydrogens is 301 g/mol. The Bertz CT molecular complexity index is 766. The van der Waals surface area contributed by atoms with Gasteiger partial charge in [0.25, 0.3) is 15.9 Å². The Morgan fingerprint density at radius 2 is 1.52 bits per heavy atom. The highest BCUT2D eigenvalue weighted by Gasteiger charge is 2.19. The lowest BCUT2D eigenvalue weighted by molar-refractivity contribution is 0.0980. The number of carbonyl (C=O) groups excluding carboxylic acids is 1. The number of hydrogen-bond acceptors (Lipinski definition) is 5. The highest BCUT2D eigenvalue weighted by atomic mass is 32.2. The van der Waals surface area contributed by atoms with E-state index in [1.807, 2.05) is 0 Å². The third-order valence-electron chi connectivity index (χ3n) is 2.52. The van der Waals surface area contributed by atoms with Gasteiger partial charge in [0.2, 0.25) is 0 Å². The molecular formula is C13H10FNO5S. The van der Waals surface area contributed by atoms with Crippen LogP contribution in [0.3, 0.4) is 0 Å². The Morgan fingerprint density at radius 1 is 1.00 bits per heavy atom. The number of nitrogens with one attached hydrogen (secondary N) is 1. The van der Waals surface area contributed by atoms with Crippen LogP contribution >= 0.6 is 0 Å². The lowest BCUT2D eigenvalue weighted by Gasteiger charge is -2.07. The average Bonchev–Trinajstić information content (AvgIpc) is 2.37. The molecule has 8 heteroatoms. The monoisotopic (exact) mass is 311 g/mol. The van der Waals surface area contributed by atoms with E-state index in [0.717, 1.165) is 42.5 Å². The number of carbonyl (C=O) groups is 1. The van der Waals surface area contributed by atoms with Gasteiger partial charge in [-0.15, -0.1) is 0 Å². The van der Waals surface area contributed by atoms with E-state index in [2.05, 4.69) is 0 Å². The molecule has 6 nitrogen and oxygen atoms in total. The minimum absolute atomic E-state index is 0.238. The maximum atomic E-state index is 12.8. The summed E-state index contributed by atoms with van der Waals surface area (Å²) in [6.45, 7) is 0. The van der Waals surface area contributed by atoms with Crippen molar-refractivity contribution in [2.45, 2.75) is 4.90 Å². The lowest BCUT2D eigenvalue weighted by atomic mass is 10.2. The van der Waals surface area contributed by atoms with Gasteiger partial charge in [-0.05, 0) is 36.4 Å². The molecule has 2 aromatic carbocycles. The first-order chi connectivity index (χ1) is 9.78. The van der Waals surface area contributed by atoms with Crippen LogP contribution in [0.2, 0.25) is 0 Å². The number of phenols is 2. The van der Waals surface area contributed by atoms with E-state index in [1.165, 1.54) is 0 Å². The van der Waals surface area contributed by atoms with Crippen molar-refractivity contribution in [3.05, 3.63) is 53.8 Å². The second-order valence-corrected chi connectivity index (χ2v) is 5.81. The summed E-state index contributed by atoms with van der Waals surface area (Å²) >= 11 is 0. The van der Waals surface area contributed by atoms with Gasteiger partial charge >= 0.3 is 0 Å². The van der Waals surface area contributed by atoms with Gasteiger partial charge in [-0.1, -0.05) is 0 Å². The van der Waals surface area contributed by atoms with Crippen molar-refractivity contribution in [2.24, 2.45) is 0 Å². The minimum atomic E-state index is -4.18. The van der Waals surface area contributed by atoms with Crippen molar-refractivity contribution in [2.75, 3.05) is 0 Å². The molecule has 0 saturated heterocycles. The summed E-state index contributed by atoms with van der Waals surface area (Å²) in [6.07, 6.45) is 0. The first kappa shape index (κ1) is 14.8. The summed E-state index contributed by atoms with van der Waals surface area (Å²) in [5, 5.41) is 18.5. The van der Waals surface area contributed by atoms with Crippen molar-refractivity contribution in [1.82, 2.24) is 4.72 Å². The van der Waals surface area contributed by atoms with E-state index in [-0.39, 0.29) is 22.0 Å². The quantitative estimate of drug-likeness (QED) is 0.794. The molecule has 0 spiro atoms. The van der Waals surface area contributed by atoms with Crippen LogP contribution in [0.15, 0.2) is 47.4 Å². The molecule has 1 amide bonds. The average molecular weight is 311 g/mol. The summed E-state index contributed by atoms with van der Waals surface area (Å²) in [4.78, 5) is 11.5. The highest BCUT2D eigenvalue weighted by Crippen LogP contribution is 2.20. The maximum Gasteiger partial charge on any atom is 0.265 e. The molecule has 21 heavy (non-hydrogen) atoms. The highest BCUT2D eigenvalue weighted by molar-refractivity contribution is 7.90. The molecule has 0 heterocycles. The summed E-state index contributed by atoms with van der Waals surface area (Å²) in [7, 11) is -4.18. The van der Waals surface area contributed by atoms with E-state index in [0.29, 0.717) is 0 Å². The first-order valence-corrected chi connectivity index (χ1v) is 7.12. The Labute approximate surface area is 119 Å². The van der Waals surface area contributed by atoms with Crippen LogP contribution in [0.5, 0.6) is 11.5 Å². The van der Waals surface area contributed by atoms with Crippen LogP contribution < -0.4 is 4.72 Å². The van der Waals surface area contributed by atoms with Crippen LogP contribution in [-0.4, -0.2) is 24.5 Å². The Balaban J connectivity index is 2.27. The van der Waals surface area contributed by atoms with E-state index in [4.69, 9.17) is 0 Å². The molecule has 110 valence electrons. The Morgan fingerprint density at radius 3 is 2.05 bits per heavy atom. The standard InChI is InChI=1S/C13H10FNO5S/c14-9-1-3-12(4-2-9)21(19,20)15-13(18)8-5-10(16)7-11(17)6-8/h1-7,16-17H,(H,15,18). The molecule has 0 unspecified atom stereocenters. The smallest absolute Gasteiger partial charge is 0.265 e.